The molecule has 1 fully saturated rings. The molecule has 6 heteroatoms. The van der Waals surface area contributed by atoms with Crippen molar-refractivity contribution in [2.75, 3.05) is 5.32 Å². The lowest BCUT2D eigenvalue weighted by Crippen LogP contribution is -2.32. The van der Waals surface area contributed by atoms with Gasteiger partial charge in [-0.15, -0.1) is 0 Å². The average molecular weight is 333 g/mol. The van der Waals surface area contributed by atoms with Gasteiger partial charge >= 0.3 is 0 Å². The van der Waals surface area contributed by atoms with Crippen LogP contribution in [0.15, 0.2) is 6.33 Å². The summed E-state index contributed by atoms with van der Waals surface area (Å²) in [7, 11) is 0. The van der Waals surface area contributed by atoms with Gasteiger partial charge in [-0.05, 0) is 50.9 Å². The Kier molecular flexibility index (Phi) is 4.49. The van der Waals surface area contributed by atoms with Gasteiger partial charge in [0.2, 0.25) is 0 Å². The molecule has 1 saturated carbocycles. The Hall–Kier alpha value is -1.72. The molecule has 2 aromatic heterocycles. The van der Waals surface area contributed by atoms with Crippen molar-refractivity contribution in [3.05, 3.63) is 17.6 Å². The highest BCUT2D eigenvalue weighted by molar-refractivity contribution is 5.53. The van der Waals surface area contributed by atoms with Gasteiger partial charge in [-0.25, -0.2) is 9.37 Å². The average Bonchev–Trinajstić information content (AvgIpc) is 2.97. The zero-order chi connectivity index (χ0) is 17.5. The van der Waals surface area contributed by atoms with Crippen molar-refractivity contribution in [2.45, 2.75) is 72.5 Å². The van der Waals surface area contributed by atoms with E-state index in [-0.39, 0.29) is 0 Å². The third-order valence-corrected chi connectivity index (χ3v) is 5.37. The van der Waals surface area contributed by atoms with Crippen LogP contribution in [0.25, 0.3) is 5.78 Å². The molecule has 0 aliphatic heterocycles. The number of hydrogen-bond donors (Lipinski definition) is 1. The highest BCUT2D eigenvalue weighted by atomic mass is 19.1. The summed E-state index contributed by atoms with van der Waals surface area (Å²) in [5.41, 5.74) is 1.63. The standard InChI is InChI=1S/C18H28FN5/c1-11-15(12(2)19)23-17-20-10-21-24(17)16(11)22-14-8-6-13(7-9-14)18(3,4)5/h10,12-14,22H,6-9H2,1-5H3. The van der Waals surface area contributed by atoms with E-state index < -0.39 is 6.17 Å². The molecule has 1 aliphatic carbocycles. The van der Waals surface area contributed by atoms with Crippen molar-refractivity contribution in [3.8, 4) is 0 Å². The Bertz CT molecular complexity index is 708. The summed E-state index contributed by atoms with van der Waals surface area (Å²) < 4.78 is 15.6. The second-order valence-corrected chi connectivity index (χ2v) is 8.12. The van der Waals surface area contributed by atoms with Crippen molar-refractivity contribution < 1.29 is 4.39 Å². The summed E-state index contributed by atoms with van der Waals surface area (Å²) in [6.45, 7) is 10.4. The molecular formula is C18H28FN5. The molecule has 1 unspecified atom stereocenters. The van der Waals surface area contributed by atoms with E-state index in [0.717, 1.165) is 30.1 Å². The number of alkyl halides is 1. The Balaban J connectivity index is 1.83. The minimum atomic E-state index is -1.12. The predicted molar refractivity (Wildman–Crippen MR) is 93.9 cm³/mol. The first-order chi connectivity index (χ1) is 11.3. The van der Waals surface area contributed by atoms with Crippen molar-refractivity contribution in [1.29, 1.82) is 0 Å². The summed E-state index contributed by atoms with van der Waals surface area (Å²) in [4.78, 5) is 8.44. The topological polar surface area (TPSA) is 55.1 Å². The van der Waals surface area contributed by atoms with Crippen LogP contribution in [0.2, 0.25) is 0 Å². The van der Waals surface area contributed by atoms with Crippen LogP contribution in [-0.4, -0.2) is 25.6 Å². The van der Waals surface area contributed by atoms with Gasteiger partial charge in [-0.3, -0.25) is 0 Å². The Morgan fingerprint density at radius 1 is 1.25 bits per heavy atom. The van der Waals surface area contributed by atoms with Gasteiger partial charge in [0.15, 0.2) is 0 Å². The number of nitrogens with zero attached hydrogens (tertiary/aromatic N) is 4. The van der Waals surface area contributed by atoms with Crippen LogP contribution in [-0.2, 0) is 0 Å². The van der Waals surface area contributed by atoms with Crippen LogP contribution >= 0.6 is 0 Å². The summed E-state index contributed by atoms with van der Waals surface area (Å²) in [6.07, 6.45) is 5.04. The Labute approximate surface area is 143 Å². The SMILES string of the molecule is Cc1c(C(C)F)nc2ncnn2c1NC1CCC(C(C)(C)C)CC1. The van der Waals surface area contributed by atoms with Crippen LogP contribution in [0.5, 0.6) is 0 Å². The van der Waals surface area contributed by atoms with Crippen molar-refractivity contribution >= 4 is 11.6 Å². The fourth-order valence-electron chi connectivity index (χ4n) is 3.79. The molecule has 0 saturated heterocycles. The molecule has 3 rings (SSSR count). The Morgan fingerprint density at radius 2 is 1.92 bits per heavy atom. The number of halogens is 1. The van der Waals surface area contributed by atoms with Gasteiger partial charge in [0.1, 0.15) is 18.3 Å². The van der Waals surface area contributed by atoms with E-state index in [0.29, 0.717) is 22.9 Å². The summed E-state index contributed by atoms with van der Waals surface area (Å²) in [5.74, 6) is 2.05. The molecule has 0 radical (unpaired) electrons. The number of rotatable bonds is 3. The van der Waals surface area contributed by atoms with Gasteiger partial charge in [0.25, 0.3) is 5.78 Å². The molecule has 24 heavy (non-hydrogen) atoms. The van der Waals surface area contributed by atoms with Crippen LogP contribution in [0, 0.1) is 18.3 Å². The number of anilines is 1. The molecule has 2 aromatic rings. The lowest BCUT2D eigenvalue weighted by atomic mass is 9.71. The maximum atomic E-state index is 13.9. The second kappa shape index (κ2) is 6.30. The highest BCUT2D eigenvalue weighted by Crippen LogP contribution is 2.38. The van der Waals surface area contributed by atoms with Crippen LogP contribution < -0.4 is 5.32 Å². The number of nitrogens with one attached hydrogen (secondary N) is 1. The first kappa shape index (κ1) is 17.1. The van der Waals surface area contributed by atoms with Gasteiger partial charge in [0.05, 0.1) is 5.69 Å². The monoisotopic (exact) mass is 333 g/mol. The smallest absolute Gasteiger partial charge is 0.254 e. The number of hydrogen-bond acceptors (Lipinski definition) is 4. The molecule has 0 amide bonds. The van der Waals surface area contributed by atoms with E-state index in [1.807, 2.05) is 6.92 Å². The number of aromatic nitrogens is 4. The molecule has 0 aromatic carbocycles. The summed E-state index contributed by atoms with van der Waals surface area (Å²) >= 11 is 0. The first-order valence-electron chi connectivity index (χ1n) is 8.88. The molecule has 132 valence electrons. The van der Waals surface area contributed by atoms with Crippen molar-refractivity contribution in [2.24, 2.45) is 11.3 Å². The van der Waals surface area contributed by atoms with Gasteiger partial charge < -0.3 is 5.32 Å². The minimum Gasteiger partial charge on any atom is -0.367 e. The maximum absolute atomic E-state index is 13.9. The van der Waals surface area contributed by atoms with E-state index in [9.17, 15) is 4.39 Å². The second-order valence-electron chi connectivity index (χ2n) is 8.12. The van der Waals surface area contributed by atoms with Crippen LogP contribution in [0.4, 0.5) is 10.2 Å². The number of fused-ring (bicyclic) bond motifs is 1. The van der Waals surface area contributed by atoms with Gasteiger partial charge in [-0.2, -0.15) is 14.6 Å². The van der Waals surface area contributed by atoms with Crippen molar-refractivity contribution in [3.63, 3.8) is 0 Å². The quantitative estimate of drug-likeness (QED) is 0.900. The summed E-state index contributed by atoms with van der Waals surface area (Å²) in [6, 6.07) is 0.389. The lowest BCUT2D eigenvalue weighted by Gasteiger charge is -2.37. The molecule has 1 N–H and O–H groups in total. The zero-order valence-electron chi connectivity index (χ0n) is 15.3. The third-order valence-electron chi connectivity index (χ3n) is 5.37. The molecule has 0 spiro atoms. The fraction of sp³-hybridized carbons (Fsp3) is 0.722. The summed E-state index contributed by atoms with van der Waals surface area (Å²) in [5, 5.41) is 7.86. The maximum Gasteiger partial charge on any atom is 0.254 e. The van der Waals surface area contributed by atoms with E-state index in [1.165, 1.54) is 26.1 Å². The molecule has 1 atom stereocenters. The molecule has 1 aliphatic rings. The molecule has 2 heterocycles. The molecule has 5 nitrogen and oxygen atoms in total. The highest BCUT2D eigenvalue weighted by Gasteiger charge is 2.30. The fourth-order valence-corrected chi connectivity index (χ4v) is 3.79. The molecular weight excluding hydrogens is 305 g/mol. The van der Waals surface area contributed by atoms with Crippen LogP contribution in [0.1, 0.15) is 70.8 Å². The lowest BCUT2D eigenvalue weighted by molar-refractivity contribution is 0.173. The van der Waals surface area contributed by atoms with E-state index in [4.69, 9.17) is 0 Å². The van der Waals surface area contributed by atoms with E-state index in [1.54, 1.807) is 4.52 Å². The van der Waals surface area contributed by atoms with E-state index >= 15 is 0 Å². The third kappa shape index (κ3) is 3.23. The predicted octanol–water partition coefficient (Wildman–Crippen LogP) is 4.48. The minimum absolute atomic E-state index is 0.369. The largest absolute Gasteiger partial charge is 0.367 e. The van der Waals surface area contributed by atoms with Gasteiger partial charge in [-0.1, -0.05) is 20.8 Å². The normalized spacial score (nSPS) is 23.4. The Morgan fingerprint density at radius 3 is 2.50 bits per heavy atom. The molecule has 0 bridgehead atoms. The van der Waals surface area contributed by atoms with E-state index in [2.05, 4.69) is 41.2 Å². The van der Waals surface area contributed by atoms with Gasteiger partial charge in [0, 0.05) is 11.6 Å². The first-order valence-corrected chi connectivity index (χ1v) is 8.88. The van der Waals surface area contributed by atoms with Crippen molar-refractivity contribution in [1.82, 2.24) is 19.6 Å². The zero-order valence-corrected chi connectivity index (χ0v) is 15.3. The van der Waals surface area contributed by atoms with Crippen LogP contribution in [0.3, 0.4) is 0 Å².